The molecule has 4 rings (SSSR count). The van der Waals surface area contributed by atoms with Crippen LogP contribution < -0.4 is 15.4 Å². The van der Waals surface area contributed by atoms with Gasteiger partial charge in [-0.1, -0.05) is 44.9 Å². The predicted octanol–water partition coefficient (Wildman–Crippen LogP) is 4.21. The summed E-state index contributed by atoms with van der Waals surface area (Å²) in [5.41, 5.74) is 0.539. The molecule has 0 radical (unpaired) electrons. The van der Waals surface area contributed by atoms with Crippen LogP contribution in [0.1, 0.15) is 77.0 Å². The van der Waals surface area contributed by atoms with Gasteiger partial charge >= 0.3 is 12.0 Å². The van der Waals surface area contributed by atoms with Crippen molar-refractivity contribution in [2.24, 2.45) is 11.8 Å². The summed E-state index contributed by atoms with van der Waals surface area (Å²) in [5, 5.41) is 15.3. The van der Waals surface area contributed by atoms with E-state index < -0.39 is 30.1 Å². The van der Waals surface area contributed by atoms with Gasteiger partial charge in [-0.2, -0.15) is 0 Å². The van der Waals surface area contributed by atoms with E-state index in [0.29, 0.717) is 23.8 Å². The third kappa shape index (κ3) is 7.64. The van der Waals surface area contributed by atoms with Gasteiger partial charge < -0.3 is 25.4 Å². The maximum Gasteiger partial charge on any atom is 0.323 e. The van der Waals surface area contributed by atoms with Gasteiger partial charge in [-0.05, 0) is 55.4 Å². The van der Waals surface area contributed by atoms with Crippen LogP contribution in [0.4, 0.5) is 10.5 Å². The summed E-state index contributed by atoms with van der Waals surface area (Å²) in [7, 11) is 1.56. The van der Waals surface area contributed by atoms with Gasteiger partial charge in [0, 0.05) is 31.2 Å². The number of carboxylic acids is 1. The Morgan fingerprint density at radius 2 is 1.59 bits per heavy atom. The van der Waals surface area contributed by atoms with Crippen LogP contribution in [0.25, 0.3) is 0 Å². The van der Waals surface area contributed by atoms with E-state index >= 15 is 0 Å². The number of carbonyl (C=O) groups excluding carboxylic acids is 3. The van der Waals surface area contributed by atoms with Crippen molar-refractivity contribution in [1.82, 2.24) is 15.1 Å². The zero-order chi connectivity index (χ0) is 27.8. The summed E-state index contributed by atoms with van der Waals surface area (Å²) in [4.78, 5) is 55.0. The molecule has 2 saturated carbocycles. The molecule has 39 heavy (non-hydrogen) atoms. The number of methoxy groups -OCH3 is 1. The van der Waals surface area contributed by atoms with Crippen LogP contribution in [0, 0.1) is 11.8 Å². The average molecular weight is 543 g/mol. The summed E-state index contributed by atoms with van der Waals surface area (Å²) in [6, 6.07) is 5.83. The van der Waals surface area contributed by atoms with Gasteiger partial charge in [-0.3, -0.25) is 19.3 Å². The molecule has 0 bridgehead atoms. The molecule has 1 saturated heterocycles. The van der Waals surface area contributed by atoms with Crippen molar-refractivity contribution in [3.05, 3.63) is 24.3 Å². The highest BCUT2D eigenvalue weighted by Gasteiger charge is 2.44. The number of benzene rings is 1. The van der Waals surface area contributed by atoms with Gasteiger partial charge in [0.1, 0.15) is 5.75 Å². The van der Waals surface area contributed by atoms with Crippen molar-refractivity contribution < 1.29 is 29.0 Å². The largest absolute Gasteiger partial charge is 0.497 e. The number of carbonyl (C=O) groups is 4. The van der Waals surface area contributed by atoms with Crippen LogP contribution >= 0.6 is 0 Å². The van der Waals surface area contributed by atoms with Crippen molar-refractivity contribution in [2.75, 3.05) is 25.5 Å². The lowest BCUT2D eigenvalue weighted by molar-refractivity contribution is -0.143. The number of anilines is 1. The average Bonchev–Trinajstić information content (AvgIpc) is 3.62. The Labute approximate surface area is 230 Å². The number of rotatable bonds is 10. The van der Waals surface area contributed by atoms with Gasteiger partial charge in [0.05, 0.1) is 13.5 Å². The van der Waals surface area contributed by atoms with Crippen LogP contribution in [-0.4, -0.2) is 71.1 Å². The number of hydrogen-bond acceptors (Lipinski definition) is 5. The molecule has 2 unspecified atom stereocenters. The van der Waals surface area contributed by atoms with E-state index in [4.69, 9.17) is 4.74 Å². The molecule has 10 heteroatoms. The second kappa shape index (κ2) is 13.7. The molecule has 3 N–H and O–H groups in total. The summed E-state index contributed by atoms with van der Waals surface area (Å²) >= 11 is 0. The van der Waals surface area contributed by atoms with E-state index in [1.165, 1.54) is 22.6 Å². The molecule has 3 fully saturated rings. The van der Waals surface area contributed by atoms with Gasteiger partial charge in [-0.15, -0.1) is 0 Å². The molecule has 1 heterocycles. The SMILES string of the molecule is COc1ccc(NC(=O)N2CCN(C(=O)CCC3CCCC3)C2C(=O)NC(CC(=O)O)C2CCCCC2)cc1. The molecule has 4 amide bonds. The number of urea groups is 1. The third-order valence-corrected chi connectivity index (χ3v) is 8.51. The monoisotopic (exact) mass is 542 g/mol. The maximum absolute atomic E-state index is 13.8. The fourth-order valence-corrected chi connectivity index (χ4v) is 6.34. The van der Waals surface area contributed by atoms with Crippen LogP contribution in [0.15, 0.2) is 24.3 Å². The quantitative estimate of drug-likeness (QED) is 0.406. The van der Waals surface area contributed by atoms with Gasteiger partial charge in [0.15, 0.2) is 6.17 Å². The van der Waals surface area contributed by atoms with Gasteiger partial charge in [0.2, 0.25) is 5.91 Å². The normalized spacial score (nSPS) is 21.0. The molecule has 3 aliphatic rings. The van der Waals surface area contributed by atoms with Crippen LogP contribution in [0.5, 0.6) is 5.75 Å². The Morgan fingerprint density at radius 3 is 2.23 bits per heavy atom. The Morgan fingerprint density at radius 1 is 0.949 bits per heavy atom. The molecule has 1 aromatic rings. The molecule has 2 aliphatic carbocycles. The molecule has 0 spiro atoms. The number of aliphatic carboxylic acids is 1. The highest BCUT2D eigenvalue weighted by molar-refractivity contribution is 5.96. The Bertz CT molecular complexity index is 1000. The molecule has 10 nitrogen and oxygen atoms in total. The molecular weight excluding hydrogens is 500 g/mol. The first-order valence-corrected chi connectivity index (χ1v) is 14.4. The van der Waals surface area contributed by atoms with Gasteiger partial charge in [0.25, 0.3) is 5.91 Å². The molecule has 1 aromatic carbocycles. The molecular formula is C29H42N4O6. The maximum atomic E-state index is 13.8. The lowest BCUT2D eigenvalue weighted by Gasteiger charge is -2.34. The Kier molecular flexibility index (Phi) is 10.1. The van der Waals surface area contributed by atoms with Crippen molar-refractivity contribution in [2.45, 2.75) is 89.3 Å². The first kappa shape index (κ1) is 28.7. The highest BCUT2D eigenvalue weighted by atomic mass is 16.5. The number of nitrogens with zero attached hydrogens (tertiary/aromatic N) is 2. The number of hydrogen-bond donors (Lipinski definition) is 3. The Balaban J connectivity index is 1.50. The van der Waals surface area contributed by atoms with Crippen molar-refractivity contribution >= 4 is 29.5 Å². The Hall–Kier alpha value is -3.30. The molecule has 1 aliphatic heterocycles. The van der Waals surface area contributed by atoms with E-state index in [9.17, 15) is 24.3 Å². The summed E-state index contributed by atoms with van der Waals surface area (Å²) < 4.78 is 5.17. The standard InChI is InChI=1S/C29H42N4O6/c1-39-23-14-12-22(13-15-23)30-29(38)33-18-17-32(25(34)16-11-20-7-5-6-8-20)28(33)27(37)31-24(19-26(35)36)21-9-3-2-4-10-21/h12-15,20-21,24,28H,2-11,16-19H2,1H3,(H,30,38)(H,31,37)(H,35,36). The summed E-state index contributed by atoms with van der Waals surface area (Å²) in [6.45, 7) is 0.465. The van der Waals surface area contributed by atoms with E-state index in [0.717, 1.165) is 51.4 Å². The highest BCUT2D eigenvalue weighted by Crippen LogP contribution is 2.31. The molecule has 214 valence electrons. The van der Waals surface area contributed by atoms with E-state index in [2.05, 4.69) is 10.6 Å². The van der Waals surface area contributed by atoms with Gasteiger partial charge in [-0.25, -0.2) is 4.79 Å². The predicted molar refractivity (Wildman–Crippen MR) is 146 cm³/mol. The smallest absolute Gasteiger partial charge is 0.323 e. The second-order valence-corrected chi connectivity index (χ2v) is 11.1. The third-order valence-electron chi connectivity index (χ3n) is 8.51. The molecule has 2 atom stereocenters. The zero-order valence-corrected chi connectivity index (χ0v) is 22.9. The number of carboxylic acid groups (broad SMARTS) is 1. The van der Waals surface area contributed by atoms with Crippen LogP contribution in [0.3, 0.4) is 0 Å². The lowest BCUT2D eigenvalue weighted by Crippen LogP contribution is -2.57. The second-order valence-electron chi connectivity index (χ2n) is 11.1. The fourth-order valence-electron chi connectivity index (χ4n) is 6.34. The minimum Gasteiger partial charge on any atom is -0.497 e. The van der Waals surface area contributed by atoms with Crippen LogP contribution in [-0.2, 0) is 14.4 Å². The van der Waals surface area contributed by atoms with E-state index in [-0.39, 0.29) is 31.3 Å². The van der Waals surface area contributed by atoms with E-state index in [1.807, 2.05) is 0 Å². The van der Waals surface area contributed by atoms with Crippen molar-refractivity contribution in [1.29, 1.82) is 0 Å². The minimum atomic E-state index is -1.13. The number of nitrogens with one attached hydrogen (secondary N) is 2. The van der Waals surface area contributed by atoms with Crippen LogP contribution in [0.2, 0.25) is 0 Å². The van der Waals surface area contributed by atoms with Crippen molar-refractivity contribution in [3.63, 3.8) is 0 Å². The first-order chi connectivity index (χ1) is 18.9. The number of amides is 4. The topological polar surface area (TPSA) is 128 Å². The summed E-state index contributed by atoms with van der Waals surface area (Å²) in [6.07, 6.45) is 9.28. The van der Waals surface area contributed by atoms with Crippen molar-refractivity contribution in [3.8, 4) is 5.75 Å². The molecule has 0 aromatic heterocycles. The number of ether oxygens (including phenoxy) is 1. The minimum absolute atomic E-state index is 0.0632. The first-order valence-electron chi connectivity index (χ1n) is 14.4. The van der Waals surface area contributed by atoms with E-state index in [1.54, 1.807) is 31.4 Å². The summed E-state index contributed by atoms with van der Waals surface area (Å²) in [5.74, 6) is -0.371. The fraction of sp³-hybridized carbons (Fsp3) is 0.655. The lowest BCUT2D eigenvalue weighted by atomic mass is 9.82. The zero-order valence-electron chi connectivity index (χ0n) is 22.9.